The van der Waals surface area contributed by atoms with Gasteiger partial charge in [0.2, 0.25) is 0 Å². The Balaban J connectivity index is -0.000000251. The van der Waals surface area contributed by atoms with E-state index in [0.717, 1.165) is 43.8 Å². The quantitative estimate of drug-likeness (QED) is 0.0759. The molecule has 0 spiro atoms. The number of carbonyl (C=O) groups excluding carboxylic acids is 1. The Kier molecular flexibility index (Phi) is 28.9. The third kappa shape index (κ3) is 29.9. The molecule has 0 aliphatic carbocycles. The van der Waals surface area contributed by atoms with Gasteiger partial charge in [-0.2, -0.15) is 61.4 Å². The minimum Gasteiger partial charge on any atom is -0.793 e. The number of rotatable bonds is 16. The second-order valence-corrected chi connectivity index (χ2v) is 11.4. The summed E-state index contributed by atoms with van der Waals surface area (Å²) in [5.41, 5.74) is 0. The molecule has 0 radical (unpaired) electrons. The maximum absolute atomic E-state index is 12.5. The van der Waals surface area contributed by atoms with Gasteiger partial charge >= 0.3 is 53.8 Å². The van der Waals surface area contributed by atoms with Crippen LogP contribution in [-0.4, -0.2) is 47.2 Å². The SMILES string of the molecule is CC(=O)CCCC(C)C.CC(C)CCCCSCCCC(F)(F)C(F)(F)F.FC(F)(F)C(F)(F)CCC[S-].[Na+]. The summed E-state index contributed by atoms with van der Waals surface area (Å²) in [5, 5.41) is 0. The molecule has 0 aromatic heterocycles. The van der Waals surface area contributed by atoms with E-state index in [0.29, 0.717) is 17.5 Å². The van der Waals surface area contributed by atoms with Crippen LogP contribution in [0.3, 0.4) is 0 Å². The van der Waals surface area contributed by atoms with E-state index in [-0.39, 0.29) is 48.2 Å². The van der Waals surface area contributed by atoms with Gasteiger partial charge < -0.3 is 17.4 Å². The molecule has 0 N–H and O–H groups in total. The number of thioether (sulfide) groups is 1. The molecule has 232 valence electrons. The molecule has 1 nitrogen and oxygen atoms in total. The molecular weight excluding hydrogens is 593 g/mol. The third-order valence-electron chi connectivity index (χ3n) is 4.87. The zero-order valence-electron chi connectivity index (χ0n) is 23.9. The number of Topliss-reactive ketones (excluding diaryl/α,β-unsaturated/α-hetero) is 1. The standard InChI is InChI=1S/C12H21F5S.C8H16O.C5H7F5S.Na/c1-10(2)6-3-4-8-18-9-5-7-11(13,14)12(15,16)17;1-7(2)5-4-6-8(3)9;6-4(7,2-1-3-11)5(8,9)10;/h10H,3-9H2,1-2H3;7H,4-6H2,1-3H3;11H,1-3H2;/q;;;+1/p-1. The molecular formula is C25H43F10NaOS2. The number of hydrogen-bond acceptors (Lipinski definition) is 3. The predicted molar refractivity (Wildman–Crippen MR) is 138 cm³/mol. The molecule has 0 saturated carbocycles. The number of hydrogen-bond donors (Lipinski definition) is 0. The van der Waals surface area contributed by atoms with E-state index in [4.69, 9.17) is 0 Å². The Morgan fingerprint density at radius 1 is 0.667 bits per heavy atom. The van der Waals surface area contributed by atoms with Gasteiger partial charge in [-0.25, -0.2) is 0 Å². The molecule has 0 atom stereocenters. The summed E-state index contributed by atoms with van der Waals surface area (Å²) in [4.78, 5) is 10.4. The summed E-state index contributed by atoms with van der Waals surface area (Å²) >= 11 is 5.70. The summed E-state index contributed by atoms with van der Waals surface area (Å²) in [6.07, 6.45) is -7.31. The normalized spacial score (nSPS) is 12.4. The molecule has 0 fully saturated rings. The first-order valence-electron chi connectivity index (χ1n) is 12.6. The third-order valence-corrected chi connectivity index (χ3v) is 6.32. The minimum atomic E-state index is -5.43. The second-order valence-electron chi connectivity index (χ2n) is 9.81. The number of carbonyl (C=O) groups is 1. The first-order chi connectivity index (χ1) is 17.1. The van der Waals surface area contributed by atoms with E-state index in [9.17, 15) is 48.7 Å². The van der Waals surface area contributed by atoms with Crippen molar-refractivity contribution in [3.8, 4) is 0 Å². The zero-order valence-corrected chi connectivity index (χ0v) is 27.5. The Bertz CT molecular complexity index is 584. The average molecular weight is 637 g/mol. The Morgan fingerprint density at radius 3 is 1.41 bits per heavy atom. The van der Waals surface area contributed by atoms with E-state index < -0.39 is 37.0 Å². The summed E-state index contributed by atoms with van der Waals surface area (Å²) in [5.74, 6) is -6.28. The molecule has 0 aromatic carbocycles. The van der Waals surface area contributed by atoms with Gasteiger partial charge in [-0.1, -0.05) is 53.4 Å². The minimum absolute atomic E-state index is 0. The van der Waals surface area contributed by atoms with Gasteiger partial charge in [-0.3, -0.25) is 0 Å². The van der Waals surface area contributed by atoms with Gasteiger partial charge in [0.25, 0.3) is 0 Å². The van der Waals surface area contributed by atoms with Crippen LogP contribution in [0.5, 0.6) is 0 Å². The monoisotopic (exact) mass is 636 g/mol. The maximum atomic E-state index is 12.5. The molecule has 0 aliphatic rings. The van der Waals surface area contributed by atoms with Gasteiger partial charge in [0.05, 0.1) is 0 Å². The average Bonchev–Trinajstić information content (AvgIpc) is 2.72. The van der Waals surface area contributed by atoms with Crippen LogP contribution in [0.2, 0.25) is 0 Å². The summed E-state index contributed by atoms with van der Waals surface area (Å²) in [7, 11) is 0. The van der Waals surface area contributed by atoms with Crippen molar-refractivity contribution in [2.24, 2.45) is 11.8 Å². The zero-order chi connectivity index (χ0) is 30.6. The van der Waals surface area contributed by atoms with Crippen molar-refractivity contribution in [2.45, 2.75) is 123 Å². The van der Waals surface area contributed by atoms with Crippen molar-refractivity contribution in [1.82, 2.24) is 0 Å². The van der Waals surface area contributed by atoms with E-state index in [1.165, 1.54) is 18.2 Å². The molecule has 0 rings (SSSR count). The van der Waals surface area contributed by atoms with Crippen LogP contribution in [0.1, 0.15) is 98.8 Å². The van der Waals surface area contributed by atoms with Gasteiger partial charge in [-0.15, -0.1) is 0 Å². The molecule has 0 saturated heterocycles. The van der Waals surface area contributed by atoms with Crippen molar-refractivity contribution < 1.29 is 78.3 Å². The largest absolute Gasteiger partial charge is 1.00 e. The fourth-order valence-electron chi connectivity index (χ4n) is 2.59. The Hall–Kier alpha value is 0.670. The van der Waals surface area contributed by atoms with Crippen molar-refractivity contribution in [1.29, 1.82) is 0 Å². The maximum Gasteiger partial charge on any atom is 1.00 e. The van der Waals surface area contributed by atoms with Crippen LogP contribution in [-0.2, 0) is 17.4 Å². The fourth-order valence-corrected chi connectivity index (χ4v) is 3.70. The van der Waals surface area contributed by atoms with Crippen molar-refractivity contribution in [2.75, 3.05) is 17.3 Å². The van der Waals surface area contributed by atoms with Crippen LogP contribution in [0.15, 0.2) is 0 Å². The Labute approximate surface area is 259 Å². The smallest absolute Gasteiger partial charge is 0.793 e. The topological polar surface area (TPSA) is 17.1 Å². The fraction of sp³-hybridized carbons (Fsp3) is 0.960. The van der Waals surface area contributed by atoms with Crippen LogP contribution in [0, 0.1) is 11.8 Å². The van der Waals surface area contributed by atoms with Crippen molar-refractivity contribution in [3.05, 3.63) is 0 Å². The van der Waals surface area contributed by atoms with Gasteiger partial charge in [-0.05, 0) is 49.5 Å². The molecule has 0 amide bonds. The van der Waals surface area contributed by atoms with Crippen LogP contribution in [0.4, 0.5) is 43.9 Å². The summed E-state index contributed by atoms with van der Waals surface area (Å²) < 4.78 is 119. The van der Waals surface area contributed by atoms with Crippen LogP contribution < -0.4 is 29.6 Å². The van der Waals surface area contributed by atoms with Gasteiger partial charge in [0.1, 0.15) is 5.78 Å². The Morgan fingerprint density at radius 2 is 1.05 bits per heavy atom. The first-order valence-corrected chi connectivity index (χ1v) is 14.4. The molecule has 0 heterocycles. The van der Waals surface area contributed by atoms with Crippen LogP contribution in [0.25, 0.3) is 0 Å². The molecule has 39 heavy (non-hydrogen) atoms. The van der Waals surface area contributed by atoms with E-state index >= 15 is 0 Å². The molecule has 0 unspecified atom stereocenters. The van der Waals surface area contributed by atoms with E-state index in [2.05, 4.69) is 40.3 Å². The van der Waals surface area contributed by atoms with Gasteiger partial charge in [0, 0.05) is 19.3 Å². The van der Waals surface area contributed by atoms with Crippen molar-refractivity contribution in [3.63, 3.8) is 0 Å². The van der Waals surface area contributed by atoms with Crippen molar-refractivity contribution >= 4 is 30.2 Å². The number of alkyl halides is 10. The first kappa shape index (κ1) is 46.6. The predicted octanol–water partition coefficient (Wildman–Crippen LogP) is 7.44. The second kappa shape index (κ2) is 24.1. The summed E-state index contributed by atoms with van der Waals surface area (Å²) in [6, 6.07) is 0. The van der Waals surface area contributed by atoms with Gasteiger partial charge in [0.15, 0.2) is 0 Å². The molecule has 0 aromatic rings. The van der Waals surface area contributed by atoms with Crippen LogP contribution >= 0.6 is 11.8 Å². The number of ketones is 1. The summed E-state index contributed by atoms with van der Waals surface area (Å²) in [6.45, 7) is 10.3. The molecule has 0 bridgehead atoms. The van der Waals surface area contributed by atoms with E-state index in [1.807, 2.05) is 0 Å². The van der Waals surface area contributed by atoms with E-state index in [1.54, 1.807) is 6.92 Å². The molecule has 0 aliphatic heterocycles. The number of halogens is 10. The number of unbranched alkanes of at least 4 members (excludes halogenated alkanes) is 1. The molecule has 14 heteroatoms.